The highest BCUT2D eigenvalue weighted by atomic mass is 32.2. The van der Waals surface area contributed by atoms with E-state index in [-0.39, 0.29) is 26.9 Å². The molecule has 1 heterocycles. The quantitative estimate of drug-likeness (QED) is 0.435. The molecule has 0 unspecified atom stereocenters. The number of nitrogens with one attached hydrogen (secondary N) is 1. The lowest BCUT2D eigenvalue weighted by atomic mass is 10.1. The lowest BCUT2D eigenvalue weighted by Gasteiger charge is -2.13. The minimum absolute atomic E-state index is 0.0132. The number of hydrogen-bond donors (Lipinski definition) is 2. The van der Waals surface area contributed by atoms with Gasteiger partial charge in [0, 0.05) is 11.1 Å². The number of aromatic nitrogens is 2. The van der Waals surface area contributed by atoms with Gasteiger partial charge in [-0.1, -0.05) is 30.0 Å². The molecule has 0 atom stereocenters. The van der Waals surface area contributed by atoms with Gasteiger partial charge in [0.1, 0.15) is 5.03 Å². The molecule has 0 saturated heterocycles. The molecule has 3 N–H and O–H groups in total. The van der Waals surface area contributed by atoms with Crippen molar-refractivity contribution in [2.75, 3.05) is 11.1 Å². The average molecular weight is 470 g/mol. The fourth-order valence-electron chi connectivity index (χ4n) is 2.72. The third-order valence-electron chi connectivity index (χ3n) is 4.41. The van der Waals surface area contributed by atoms with Gasteiger partial charge in [0.2, 0.25) is 21.8 Å². The summed E-state index contributed by atoms with van der Waals surface area (Å²) in [7, 11) is -3.98. The first kappa shape index (κ1) is 23.0. The van der Waals surface area contributed by atoms with Crippen molar-refractivity contribution < 1.29 is 26.4 Å². The Morgan fingerprint density at radius 1 is 1.16 bits per heavy atom. The van der Waals surface area contributed by atoms with E-state index in [9.17, 15) is 26.4 Å². The number of nitrogens with two attached hydrogens (primary N) is 1. The number of rotatable bonds is 5. The van der Waals surface area contributed by atoms with Gasteiger partial charge in [-0.3, -0.25) is 4.79 Å². The zero-order valence-electron chi connectivity index (χ0n) is 16.3. The maximum atomic E-state index is 13.1. The van der Waals surface area contributed by atoms with Gasteiger partial charge in [0.05, 0.1) is 16.2 Å². The minimum Gasteiger partial charge on any atom is -0.325 e. The van der Waals surface area contributed by atoms with E-state index in [0.717, 1.165) is 11.8 Å². The summed E-state index contributed by atoms with van der Waals surface area (Å²) in [6.07, 6.45) is -4.73. The molecule has 0 bridgehead atoms. The Hall–Kier alpha value is -2.70. The predicted molar refractivity (Wildman–Crippen MR) is 111 cm³/mol. The number of aryl methyl sites for hydroxylation is 1. The molecule has 0 radical (unpaired) electrons. The summed E-state index contributed by atoms with van der Waals surface area (Å²) in [5, 5.41) is 8.14. The van der Waals surface area contributed by atoms with Crippen molar-refractivity contribution in [2.45, 2.75) is 29.9 Å². The largest absolute Gasteiger partial charge is 0.451 e. The maximum Gasteiger partial charge on any atom is 0.451 e. The Morgan fingerprint density at radius 2 is 1.84 bits per heavy atom. The Morgan fingerprint density at radius 3 is 2.48 bits per heavy atom. The third-order valence-corrected chi connectivity index (χ3v) is 6.29. The molecule has 0 spiro atoms. The SMILES string of the molecule is Cc1cc(S(N)(=O)=O)cc(NC(=O)CSc2nc(C(F)(F)F)nc3ccccc23)c1C. The zero-order chi connectivity index (χ0) is 23.0. The van der Waals surface area contributed by atoms with Crippen LogP contribution >= 0.6 is 11.8 Å². The number of alkyl halides is 3. The average Bonchev–Trinajstić information content (AvgIpc) is 2.67. The number of halogens is 3. The molecule has 12 heteroatoms. The second-order valence-corrected chi connectivity index (χ2v) is 9.19. The highest BCUT2D eigenvalue weighted by Crippen LogP contribution is 2.32. The predicted octanol–water partition coefficient (Wildman–Crippen LogP) is 3.64. The molecular formula is C19H17F3N4O3S2. The fraction of sp³-hybridized carbons (Fsp3) is 0.211. The standard InChI is InChI=1S/C19H17F3N4O3S2/c1-10-7-12(31(23,28)29)8-15(11(10)2)24-16(27)9-30-17-13-5-3-4-6-14(13)25-18(26-17)19(20,21)22/h3-8H,9H2,1-2H3,(H,24,27)(H2,23,28,29). The Bertz CT molecular complexity index is 1280. The van der Waals surface area contributed by atoms with Crippen LogP contribution in [0.15, 0.2) is 46.3 Å². The first-order chi connectivity index (χ1) is 14.4. The number of carbonyl (C=O) groups excluding carboxylic acids is 1. The van der Waals surface area contributed by atoms with Crippen LogP contribution in [0.2, 0.25) is 0 Å². The van der Waals surface area contributed by atoms with Gasteiger partial charge in [0.15, 0.2) is 0 Å². The number of benzene rings is 2. The second-order valence-electron chi connectivity index (χ2n) is 6.66. The fourth-order valence-corrected chi connectivity index (χ4v) is 4.17. The maximum absolute atomic E-state index is 13.1. The summed E-state index contributed by atoms with van der Waals surface area (Å²) in [6.45, 7) is 3.36. The summed E-state index contributed by atoms with van der Waals surface area (Å²) < 4.78 is 62.7. The molecule has 3 rings (SSSR count). The van der Waals surface area contributed by atoms with Gasteiger partial charge >= 0.3 is 6.18 Å². The summed E-state index contributed by atoms with van der Waals surface area (Å²) in [4.78, 5) is 19.4. The van der Waals surface area contributed by atoms with Crippen molar-refractivity contribution >= 4 is 44.3 Å². The van der Waals surface area contributed by atoms with E-state index < -0.39 is 27.9 Å². The van der Waals surface area contributed by atoms with Gasteiger partial charge in [-0.05, 0) is 43.2 Å². The number of primary sulfonamides is 1. The van der Waals surface area contributed by atoms with Crippen molar-refractivity contribution in [2.24, 2.45) is 5.14 Å². The molecule has 7 nitrogen and oxygen atoms in total. The van der Waals surface area contributed by atoms with E-state index in [2.05, 4.69) is 15.3 Å². The van der Waals surface area contributed by atoms with Crippen LogP contribution in [0.4, 0.5) is 18.9 Å². The molecule has 0 aliphatic rings. The molecule has 3 aromatic rings. The molecule has 31 heavy (non-hydrogen) atoms. The van der Waals surface area contributed by atoms with E-state index in [1.165, 1.54) is 18.2 Å². The van der Waals surface area contributed by atoms with Crippen molar-refractivity contribution in [3.8, 4) is 0 Å². The van der Waals surface area contributed by atoms with Gasteiger partial charge in [-0.15, -0.1) is 0 Å². The lowest BCUT2D eigenvalue weighted by molar-refractivity contribution is -0.145. The van der Waals surface area contributed by atoms with Crippen molar-refractivity contribution in [1.29, 1.82) is 0 Å². The van der Waals surface area contributed by atoms with Gasteiger partial charge in [-0.25, -0.2) is 23.5 Å². The molecule has 2 aromatic carbocycles. The van der Waals surface area contributed by atoms with Crippen LogP contribution in [0.1, 0.15) is 17.0 Å². The molecule has 164 valence electrons. The lowest BCUT2D eigenvalue weighted by Crippen LogP contribution is -2.18. The van der Waals surface area contributed by atoms with Crippen molar-refractivity contribution in [3.63, 3.8) is 0 Å². The van der Waals surface area contributed by atoms with E-state index in [4.69, 9.17) is 5.14 Å². The number of nitrogens with zero attached hydrogens (tertiary/aromatic N) is 2. The zero-order valence-corrected chi connectivity index (χ0v) is 18.0. The van der Waals surface area contributed by atoms with E-state index in [1.54, 1.807) is 32.0 Å². The Balaban J connectivity index is 1.85. The first-order valence-corrected chi connectivity index (χ1v) is 11.3. The molecule has 0 saturated carbocycles. The molecule has 1 amide bonds. The molecule has 1 aromatic heterocycles. The van der Waals surface area contributed by atoms with Gasteiger partial charge < -0.3 is 5.32 Å². The monoisotopic (exact) mass is 470 g/mol. The normalized spacial score (nSPS) is 12.2. The van der Waals surface area contributed by atoms with Crippen LogP contribution in [-0.2, 0) is 21.0 Å². The number of para-hydroxylation sites is 1. The van der Waals surface area contributed by atoms with Crippen molar-refractivity contribution in [1.82, 2.24) is 9.97 Å². The number of hydrogen-bond acceptors (Lipinski definition) is 6. The number of amides is 1. The van der Waals surface area contributed by atoms with E-state index >= 15 is 0 Å². The van der Waals surface area contributed by atoms with Crippen LogP contribution in [0.3, 0.4) is 0 Å². The number of carbonyl (C=O) groups is 1. The third kappa shape index (κ3) is 5.32. The number of thioether (sulfide) groups is 1. The first-order valence-electron chi connectivity index (χ1n) is 8.77. The number of anilines is 1. The summed E-state index contributed by atoms with van der Waals surface area (Å²) in [5.41, 5.74) is 1.60. The summed E-state index contributed by atoms with van der Waals surface area (Å²) in [6, 6.07) is 8.82. The van der Waals surface area contributed by atoms with E-state index in [0.29, 0.717) is 16.5 Å². The minimum atomic E-state index is -4.73. The summed E-state index contributed by atoms with van der Waals surface area (Å²) >= 11 is 0.821. The van der Waals surface area contributed by atoms with Gasteiger partial charge in [0.25, 0.3) is 0 Å². The Labute approximate surface area is 180 Å². The number of sulfonamides is 1. The van der Waals surface area contributed by atoms with E-state index in [1.807, 2.05) is 0 Å². The molecule has 0 aliphatic heterocycles. The van der Waals surface area contributed by atoms with Crippen LogP contribution in [0.25, 0.3) is 10.9 Å². The van der Waals surface area contributed by atoms with Crippen LogP contribution < -0.4 is 10.5 Å². The summed E-state index contributed by atoms with van der Waals surface area (Å²) in [5.74, 6) is -2.09. The molecule has 0 aliphatic carbocycles. The Kier molecular flexibility index (Phi) is 6.25. The van der Waals surface area contributed by atoms with Crippen LogP contribution in [0, 0.1) is 13.8 Å². The second kappa shape index (κ2) is 8.44. The highest BCUT2D eigenvalue weighted by Gasteiger charge is 2.35. The van der Waals surface area contributed by atoms with Crippen LogP contribution in [0.5, 0.6) is 0 Å². The molecular weight excluding hydrogens is 453 g/mol. The smallest absolute Gasteiger partial charge is 0.325 e. The van der Waals surface area contributed by atoms with Gasteiger partial charge in [-0.2, -0.15) is 13.2 Å². The highest BCUT2D eigenvalue weighted by molar-refractivity contribution is 8.00. The topological polar surface area (TPSA) is 115 Å². The number of fused-ring (bicyclic) bond motifs is 1. The molecule has 0 fully saturated rings. The van der Waals surface area contributed by atoms with Crippen LogP contribution in [-0.4, -0.2) is 30.0 Å². The van der Waals surface area contributed by atoms with Crippen molar-refractivity contribution in [3.05, 3.63) is 53.3 Å².